The molecule has 0 heterocycles. The largest absolute Gasteiger partial charge is 0.508 e. The lowest BCUT2D eigenvalue weighted by Crippen LogP contribution is -2.30. The van der Waals surface area contributed by atoms with E-state index in [9.17, 15) is 9.90 Å². The summed E-state index contributed by atoms with van der Waals surface area (Å²) in [6.07, 6.45) is -0.578. The van der Waals surface area contributed by atoms with Gasteiger partial charge in [0.15, 0.2) is 0 Å². The molecule has 0 radical (unpaired) electrons. The molecule has 1 atom stereocenters. The Balaban J connectivity index is 1.68. The average Bonchev–Trinajstić information content (AvgIpc) is 2.78. The number of ether oxygens (including phenoxy) is 1. The van der Waals surface area contributed by atoms with Crippen LogP contribution in [-0.4, -0.2) is 11.2 Å². The highest BCUT2D eigenvalue weighted by Gasteiger charge is 2.23. The third-order valence-electron chi connectivity index (χ3n) is 4.91. The number of aromatic hydroxyl groups is 1. The minimum atomic E-state index is -0.614. The van der Waals surface area contributed by atoms with E-state index >= 15 is 0 Å². The summed E-state index contributed by atoms with van der Waals surface area (Å²) in [4.78, 5) is 12.6. The Kier molecular flexibility index (Phi) is 5.87. The summed E-state index contributed by atoms with van der Waals surface area (Å²) < 4.78 is 5.42. The van der Waals surface area contributed by atoms with E-state index in [0.29, 0.717) is 10.6 Å². The molecule has 0 aliphatic heterocycles. The van der Waals surface area contributed by atoms with Gasteiger partial charge >= 0.3 is 6.09 Å². The highest BCUT2D eigenvalue weighted by molar-refractivity contribution is 6.30. The van der Waals surface area contributed by atoms with Crippen molar-refractivity contribution in [3.8, 4) is 5.75 Å². The molecule has 0 fully saturated rings. The van der Waals surface area contributed by atoms with Crippen molar-refractivity contribution in [2.24, 2.45) is 0 Å². The highest BCUT2D eigenvalue weighted by atomic mass is 35.5. The topological polar surface area (TPSA) is 58.6 Å². The normalized spacial score (nSPS) is 11.8. The molecule has 5 heteroatoms. The van der Waals surface area contributed by atoms with Crippen LogP contribution in [0.3, 0.4) is 0 Å². The van der Waals surface area contributed by atoms with Gasteiger partial charge in [0.25, 0.3) is 0 Å². The number of phenolic OH excluding ortho intramolecular Hbond substituents is 1. The van der Waals surface area contributed by atoms with E-state index in [-0.39, 0.29) is 12.4 Å². The van der Waals surface area contributed by atoms with Crippen LogP contribution in [0.5, 0.6) is 5.75 Å². The first-order chi connectivity index (χ1) is 14.6. The second-order valence-corrected chi connectivity index (χ2v) is 7.35. The third kappa shape index (κ3) is 4.39. The van der Waals surface area contributed by atoms with Crippen LogP contribution in [0.2, 0.25) is 5.02 Å². The van der Waals surface area contributed by atoms with Gasteiger partial charge in [0, 0.05) is 10.6 Å². The van der Waals surface area contributed by atoms with Crippen LogP contribution >= 0.6 is 11.6 Å². The van der Waals surface area contributed by atoms with Crippen LogP contribution in [0.15, 0.2) is 91.0 Å². The molecular formula is C25H20ClNO3. The summed E-state index contributed by atoms with van der Waals surface area (Å²) >= 11 is 6.05. The average molecular weight is 418 g/mol. The molecule has 0 bridgehead atoms. The molecule has 150 valence electrons. The zero-order chi connectivity index (χ0) is 20.9. The fourth-order valence-corrected chi connectivity index (χ4v) is 3.57. The van der Waals surface area contributed by atoms with Gasteiger partial charge in [0.2, 0.25) is 0 Å². The minimum Gasteiger partial charge on any atom is -0.508 e. The summed E-state index contributed by atoms with van der Waals surface area (Å²) in [6, 6.07) is 27.2. The Morgan fingerprint density at radius 2 is 1.60 bits per heavy atom. The summed E-state index contributed by atoms with van der Waals surface area (Å²) in [5.41, 5.74) is 2.28. The summed E-state index contributed by atoms with van der Waals surface area (Å²) in [5.74, 6) is 0.0945. The van der Waals surface area contributed by atoms with Gasteiger partial charge in [-0.05, 0) is 40.1 Å². The van der Waals surface area contributed by atoms with Gasteiger partial charge in [-0.1, -0.05) is 84.4 Å². The van der Waals surface area contributed by atoms with Gasteiger partial charge in [-0.25, -0.2) is 4.79 Å². The second-order valence-electron chi connectivity index (χ2n) is 6.91. The van der Waals surface area contributed by atoms with Gasteiger partial charge in [-0.15, -0.1) is 0 Å². The van der Waals surface area contributed by atoms with E-state index in [0.717, 1.165) is 21.9 Å². The quantitative estimate of drug-likeness (QED) is 0.405. The van der Waals surface area contributed by atoms with Crippen LogP contribution in [0.4, 0.5) is 4.79 Å². The smallest absolute Gasteiger partial charge is 0.408 e. The van der Waals surface area contributed by atoms with E-state index in [1.54, 1.807) is 18.2 Å². The van der Waals surface area contributed by atoms with Crippen molar-refractivity contribution in [3.63, 3.8) is 0 Å². The maximum atomic E-state index is 12.6. The predicted octanol–water partition coefficient (Wildman–Crippen LogP) is 6.21. The Morgan fingerprint density at radius 3 is 2.37 bits per heavy atom. The summed E-state index contributed by atoms with van der Waals surface area (Å²) in [5, 5.41) is 16.0. The zero-order valence-corrected chi connectivity index (χ0v) is 16.8. The monoisotopic (exact) mass is 417 g/mol. The molecule has 30 heavy (non-hydrogen) atoms. The number of halogens is 1. The van der Waals surface area contributed by atoms with Crippen molar-refractivity contribution < 1.29 is 14.6 Å². The molecule has 0 aliphatic rings. The number of amides is 1. The van der Waals surface area contributed by atoms with Crippen LogP contribution < -0.4 is 5.32 Å². The van der Waals surface area contributed by atoms with Crippen LogP contribution in [0.25, 0.3) is 10.8 Å². The molecule has 2 N–H and O–H groups in total. The molecule has 0 aliphatic carbocycles. The van der Waals surface area contributed by atoms with Gasteiger partial charge in [0.1, 0.15) is 12.4 Å². The molecule has 4 nitrogen and oxygen atoms in total. The van der Waals surface area contributed by atoms with Gasteiger partial charge < -0.3 is 15.2 Å². The lowest BCUT2D eigenvalue weighted by atomic mass is 9.93. The Labute approximate surface area is 179 Å². The van der Waals surface area contributed by atoms with E-state index in [1.807, 2.05) is 72.8 Å². The van der Waals surface area contributed by atoms with E-state index in [4.69, 9.17) is 16.3 Å². The molecule has 0 saturated heterocycles. The number of nitrogens with one attached hydrogen (secondary N) is 1. The van der Waals surface area contributed by atoms with E-state index in [1.165, 1.54) is 0 Å². The first-order valence-electron chi connectivity index (χ1n) is 9.55. The number of carbonyl (C=O) groups is 1. The molecule has 4 aromatic rings. The molecule has 1 amide bonds. The number of carbonyl (C=O) groups excluding carboxylic acids is 1. The molecule has 4 rings (SSSR count). The Hall–Kier alpha value is -3.50. The maximum Gasteiger partial charge on any atom is 0.408 e. The number of hydrogen-bond donors (Lipinski definition) is 2. The highest BCUT2D eigenvalue weighted by Crippen LogP contribution is 2.36. The summed E-state index contributed by atoms with van der Waals surface area (Å²) in [7, 11) is 0. The summed E-state index contributed by atoms with van der Waals surface area (Å²) in [6.45, 7) is 0.154. The zero-order valence-electron chi connectivity index (χ0n) is 16.1. The number of benzene rings is 4. The van der Waals surface area contributed by atoms with Crippen molar-refractivity contribution in [1.29, 1.82) is 0 Å². The standard InChI is InChI=1S/C25H20ClNO3/c26-20-13-10-19(11-14-20)24(27-25(29)30-16-17-6-2-1-3-7-17)23-21-9-5-4-8-18(21)12-15-22(23)28/h1-15,24,28H,16H2,(H,27,29). The molecule has 1 unspecified atom stereocenters. The fourth-order valence-electron chi connectivity index (χ4n) is 3.45. The van der Waals surface area contributed by atoms with E-state index < -0.39 is 12.1 Å². The Morgan fingerprint density at radius 1 is 0.900 bits per heavy atom. The molecule has 0 spiro atoms. The maximum absolute atomic E-state index is 12.6. The first-order valence-corrected chi connectivity index (χ1v) is 9.93. The van der Waals surface area contributed by atoms with E-state index in [2.05, 4.69) is 5.32 Å². The van der Waals surface area contributed by atoms with Crippen molar-refractivity contribution >= 4 is 28.5 Å². The van der Waals surface area contributed by atoms with Crippen LogP contribution in [0, 0.1) is 0 Å². The number of alkyl carbamates (subject to hydrolysis) is 1. The fraction of sp³-hybridized carbons (Fsp3) is 0.0800. The van der Waals surface area contributed by atoms with Crippen LogP contribution in [-0.2, 0) is 11.3 Å². The predicted molar refractivity (Wildman–Crippen MR) is 119 cm³/mol. The van der Waals surface area contributed by atoms with Crippen molar-refractivity contribution in [1.82, 2.24) is 5.32 Å². The van der Waals surface area contributed by atoms with Gasteiger partial charge in [0.05, 0.1) is 6.04 Å². The van der Waals surface area contributed by atoms with Crippen molar-refractivity contribution in [2.45, 2.75) is 12.6 Å². The van der Waals surface area contributed by atoms with Gasteiger partial charge in [-0.2, -0.15) is 0 Å². The molecule has 0 saturated carbocycles. The molecule has 4 aromatic carbocycles. The molecular weight excluding hydrogens is 398 g/mol. The molecule has 0 aromatic heterocycles. The lowest BCUT2D eigenvalue weighted by Gasteiger charge is -2.22. The number of hydrogen-bond acceptors (Lipinski definition) is 3. The SMILES string of the molecule is O=C(NC(c1ccc(Cl)cc1)c1c(O)ccc2ccccc12)OCc1ccccc1. The van der Waals surface area contributed by atoms with Crippen molar-refractivity contribution in [2.75, 3.05) is 0 Å². The van der Waals surface area contributed by atoms with Crippen molar-refractivity contribution in [3.05, 3.63) is 113 Å². The lowest BCUT2D eigenvalue weighted by molar-refractivity contribution is 0.137. The first kappa shape index (κ1) is 19.8. The minimum absolute atomic E-state index is 0.0945. The second kappa shape index (κ2) is 8.89. The van der Waals surface area contributed by atoms with Crippen LogP contribution in [0.1, 0.15) is 22.7 Å². The number of rotatable bonds is 5. The third-order valence-corrected chi connectivity index (χ3v) is 5.17. The number of phenols is 1. The van der Waals surface area contributed by atoms with Gasteiger partial charge in [-0.3, -0.25) is 0 Å². The number of fused-ring (bicyclic) bond motifs is 1. The Bertz CT molecular complexity index is 1160.